The molecule has 1 atom stereocenters. The van der Waals surface area contributed by atoms with Crippen LogP contribution in [0.25, 0.3) is 0 Å². The Labute approximate surface area is 103 Å². The number of hydrogen-bond acceptors (Lipinski definition) is 4. The van der Waals surface area contributed by atoms with Gasteiger partial charge in [-0.25, -0.2) is 0 Å². The molecule has 0 aliphatic carbocycles. The minimum atomic E-state index is -0.445. The number of nitrogens with two attached hydrogens (primary N) is 1. The second-order valence-electron chi connectivity index (χ2n) is 4.63. The van der Waals surface area contributed by atoms with E-state index in [1.807, 2.05) is 6.92 Å². The third kappa shape index (κ3) is 3.66. The van der Waals surface area contributed by atoms with Crippen LogP contribution in [0.5, 0.6) is 0 Å². The van der Waals surface area contributed by atoms with Gasteiger partial charge in [-0.1, -0.05) is 6.92 Å². The largest absolute Gasteiger partial charge is 0.383 e. The summed E-state index contributed by atoms with van der Waals surface area (Å²) in [6, 6.07) is 0.0683. The molecule has 5 heteroatoms. The predicted molar refractivity (Wildman–Crippen MR) is 65.6 cm³/mol. The highest BCUT2D eigenvalue weighted by Crippen LogP contribution is 2.29. The van der Waals surface area contributed by atoms with Gasteiger partial charge in [-0.3, -0.25) is 4.79 Å². The molecule has 0 aromatic rings. The number of methoxy groups -OCH3 is 1. The molecule has 1 saturated heterocycles. The fourth-order valence-corrected chi connectivity index (χ4v) is 2.09. The van der Waals surface area contributed by atoms with Crippen LogP contribution in [0.4, 0.5) is 0 Å². The van der Waals surface area contributed by atoms with Gasteiger partial charge in [0.15, 0.2) is 0 Å². The van der Waals surface area contributed by atoms with Gasteiger partial charge in [-0.15, -0.1) is 0 Å². The van der Waals surface area contributed by atoms with Crippen molar-refractivity contribution in [3.8, 4) is 0 Å². The fraction of sp³-hybridized carbons (Fsp3) is 0.917. The Morgan fingerprint density at radius 2 is 2.18 bits per heavy atom. The van der Waals surface area contributed by atoms with E-state index in [0.29, 0.717) is 39.2 Å². The normalized spacial score (nSPS) is 20.9. The quantitative estimate of drug-likeness (QED) is 0.704. The highest BCUT2D eigenvalue weighted by atomic mass is 16.5. The summed E-state index contributed by atoms with van der Waals surface area (Å²) in [5, 5.41) is 3.03. The smallest absolute Gasteiger partial charge is 0.227 e. The molecule has 0 spiro atoms. The minimum Gasteiger partial charge on any atom is -0.383 e. The van der Waals surface area contributed by atoms with E-state index in [4.69, 9.17) is 15.2 Å². The molecule has 1 rings (SSSR count). The van der Waals surface area contributed by atoms with Gasteiger partial charge in [0.25, 0.3) is 0 Å². The molecule has 17 heavy (non-hydrogen) atoms. The van der Waals surface area contributed by atoms with Crippen LogP contribution in [-0.2, 0) is 14.3 Å². The summed E-state index contributed by atoms with van der Waals surface area (Å²) in [5.41, 5.74) is 5.34. The standard InChI is InChI=1S/C12H24N2O3/c1-3-10(8-16-2)14-11(15)12(9-13)4-6-17-7-5-12/h10H,3-9,13H2,1-2H3,(H,14,15). The van der Waals surface area contributed by atoms with Crippen LogP contribution < -0.4 is 11.1 Å². The van der Waals surface area contributed by atoms with Gasteiger partial charge in [0.1, 0.15) is 0 Å². The van der Waals surface area contributed by atoms with Crippen molar-refractivity contribution in [3.63, 3.8) is 0 Å². The van der Waals surface area contributed by atoms with Gasteiger partial charge in [-0.2, -0.15) is 0 Å². The zero-order valence-corrected chi connectivity index (χ0v) is 10.8. The Hall–Kier alpha value is -0.650. The first-order valence-electron chi connectivity index (χ1n) is 6.26. The molecule has 0 aromatic carbocycles. The topological polar surface area (TPSA) is 73.6 Å². The van der Waals surface area contributed by atoms with E-state index in [1.54, 1.807) is 7.11 Å². The van der Waals surface area contributed by atoms with Crippen LogP contribution in [0.2, 0.25) is 0 Å². The summed E-state index contributed by atoms with van der Waals surface area (Å²) < 4.78 is 10.4. The number of rotatable bonds is 6. The lowest BCUT2D eigenvalue weighted by atomic mass is 9.79. The van der Waals surface area contributed by atoms with E-state index in [9.17, 15) is 4.79 Å². The zero-order chi connectivity index (χ0) is 12.7. The van der Waals surface area contributed by atoms with Crippen LogP contribution in [0, 0.1) is 5.41 Å². The molecule has 0 aromatic heterocycles. The monoisotopic (exact) mass is 244 g/mol. The third-order valence-corrected chi connectivity index (χ3v) is 3.52. The van der Waals surface area contributed by atoms with Crippen molar-refractivity contribution in [2.24, 2.45) is 11.1 Å². The average Bonchev–Trinajstić information content (AvgIpc) is 2.38. The molecule has 1 amide bonds. The summed E-state index contributed by atoms with van der Waals surface area (Å²) in [7, 11) is 1.64. The first-order valence-corrected chi connectivity index (χ1v) is 6.26. The molecule has 0 saturated carbocycles. The fourth-order valence-electron chi connectivity index (χ4n) is 2.09. The van der Waals surface area contributed by atoms with E-state index in [0.717, 1.165) is 6.42 Å². The summed E-state index contributed by atoms with van der Waals surface area (Å²) in [6.45, 7) is 4.19. The van der Waals surface area contributed by atoms with Gasteiger partial charge in [-0.05, 0) is 19.3 Å². The van der Waals surface area contributed by atoms with E-state index < -0.39 is 5.41 Å². The molecule has 3 N–H and O–H groups in total. The van der Waals surface area contributed by atoms with Crippen molar-refractivity contribution in [1.82, 2.24) is 5.32 Å². The van der Waals surface area contributed by atoms with E-state index in [2.05, 4.69) is 5.32 Å². The Morgan fingerprint density at radius 3 is 2.65 bits per heavy atom. The lowest BCUT2D eigenvalue weighted by molar-refractivity contribution is -0.137. The minimum absolute atomic E-state index is 0.0483. The maximum Gasteiger partial charge on any atom is 0.227 e. The number of hydrogen-bond donors (Lipinski definition) is 2. The molecule has 1 unspecified atom stereocenters. The van der Waals surface area contributed by atoms with Crippen molar-refractivity contribution < 1.29 is 14.3 Å². The van der Waals surface area contributed by atoms with E-state index in [1.165, 1.54) is 0 Å². The molecule has 1 fully saturated rings. The van der Waals surface area contributed by atoms with Gasteiger partial charge in [0.05, 0.1) is 18.1 Å². The second kappa shape index (κ2) is 6.93. The van der Waals surface area contributed by atoms with Crippen molar-refractivity contribution in [1.29, 1.82) is 0 Å². The Morgan fingerprint density at radius 1 is 1.53 bits per heavy atom. The Balaban J connectivity index is 2.58. The van der Waals surface area contributed by atoms with Crippen molar-refractivity contribution in [3.05, 3.63) is 0 Å². The maximum absolute atomic E-state index is 12.3. The number of nitrogens with one attached hydrogen (secondary N) is 1. The zero-order valence-electron chi connectivity index (χ0n) is 10.8. The SMILES string of the molecule is CCC(COC)NC(=O)C1(CN)CCOCC1. The average molecular weight is 244 g/mol. The molecule has 5 nitrogen and oxygen atoms in total. The second-order valence-corrected chi connectivity index (χ2v) is 4.63. The molecule has 1 aliphatic rings. The Bertz CT molecular complexity index is 240. The van der Waals surface area contributed by atoms with Crippen LogP contribution in [0.15, 0.2) is 0 Å². The van der Waals surface area contributed by atoms with Gasteiger partial charge >= 0.3 is 0 Å². The van der Waals surface area contributed by atoms with Gasteiger partial charge < -0.3 is 20.5 Å². The summed E-state index contributed by atoms with van der Waals surface area (Å²) in [5.74, 6) is 0.0483. The number of amides is 1. The highest BCUT2D eigenvalue weighted by molar-refractivity contribution is 5.83. The molecule has 1 aliphatic heterocycles. The van der Waals surface area contributed by atoms with Crippen molar-refractivity contribution in [2.75, 3.05) is 33.5 Å². The number of carbonyl (C=O) groups excluding carboxylic acids is 1. The third-order valence-electron chi connectivity index (χ3n) is 3.52. The van der Waals surface area contributed by atoms with Gasteiger partial charge in [0.2, 0.25) is 5.91 Å². The van der Waals surface area contributed by atoms with Crippen molar-refractivity contribution >= 4 is 5.91 Å². The van der Waals surface area contributed by atoms with Crippen LogP contribution in [-0.4, -0.2) is 45.4 Å². The Kier molecular flexibility index (Phi) is 5.88. The predicted octanol–water partition coefficient (Wildman–Crippen LogP) is 0.283. The number of carbonyl (C=O) groups is 1. The summed E-state index contributed by atoms with van der Waals surface area (Å²) in [4.78, 5) is 12.3. The molecule has 0 bridgehead atoms. The molecule has 0 radical (unpaired) electrons. The first kappa shape index (κ1) is 14.4. The van der Waals surface area contributed by atoms with E-state index in [-0.39, 0.29) is 11.9 Å². The van der Waals surface area contributed by atoms with Crippen LogP contribution >= 0.6 is 0 Å². The first-order chi connectivity index (χ1) is 8.18. The number of ether oxygens (including phenoxy) is 2. The van der Waals surface area contributed by atoms with E-state index >= 15 is 0 Å². The lowest BCUT2D eigenvalue weighted by Crippen LogP contribution is -2.52. The van der Waals surface area contributed by atoms with Crippen LogP contribution in [0.3, 0.4) is 0 Å². The van der Waals surface area contributed by atoms with Crippen LogP contribution in [0.1, 0.15) is 26.2 Å². The summed E-state index contributed by atoms with van der Waals surface area (Å²) >= 11 is 0. The molecular formula is C12H24N2O3. The molecule has 100 valence electrons. The molecular weight excluding hydrogens is 220 g/mol. The molecule has 1 heterocycles. The summed E-state index contributed by atoms with van der Waals surface area (Å²) in [6.07, 6.45) is 2.27. The maximum atomic E-state index is 12.3. The lowest BCUT2D eigenvalue weighted by Gasteiger charge is -2.35. The van der Waals surface area contributed by atoms with Crippen molar-refractivity contribution in [2.45, 2.75) is 32.2 Å². The van der Waals surface area contributed by atoms with Gasteiger partial charge in [0, 0.05) is 26.9 Å². The highest BCUT2D eigenvalue weighted by Gasteiger charge is 2.39.